The highest BCUT2D eigenvalue weighted by Gasteiger charge is 2.03. The molecule has 0 saturated heterocycles. The molecule has 0 aliphatic rings. The Morgan fingerprint density at radius 3 is 2.80 bits per heavy atom. The molecule has 0 heterocycles. The standard InChI is InChI=1S/C12H17ClO2/c1-3-15-8-4-5-10-9-11(13)6-7-12(10)14-2/h6-7,9H,3-5,8H2,1-2H3. The van der Waals surface area contributed by atoms with Crippen LogP contribution in [-0.2, 0) is 11.2 Å². The van der Waals surface area contributed by atoms with Gasteiger partial charge >= 0.3 is 0 Å². The molecule has 0 aliphatic carbocycles. The third kappa shape index (κ3) is 4.10. The molecule has 0 unspecified atom stereocenters. The summed E-state index contributed by atoms with van der Waals surface area (Å²) in [5.74, 6) is 0.899. The van der Waals surface area contributed by atoms with Gasteiger partial charge < -0.3 is 9.47 Å². The Kier molecular flexibility index (Phi) is 5.51. The van der Waals surface area contributed by atoms with Crippen molar-refractivity contribution in [3.63, 3.8) is 0 Å². The number of ether oxygens (including phenoxy) is 2. The van der Waals surface area contributed by atoms with Gasteiger partial charge in [-0.05, 0) is 43.5 Å². The van der Waals surface area contributed by atoms with Crippen molar-refractivity contribution in [1.29, 1.82) is 0 Å². The van der Waals surface area contributed by atoms with E-state index in [-0.39, 0.29) is 0 Å². The summed E-state index contributed by atoms with van der Waals surface area (Å²) in [6.07, 6.45) is 1.92. The fourth-order valence-corrected chi connectivity index (χ4v) is 1.65. The lowest BCUT2D eigenvalue weighted by molar-refractivity contribution is 0.145. The van der Waals surface area contributed by atoms with Crippen LogP contribution in [0.3, 0.4) is 0 Å². The maximum absolute atomic E-state index is 5.93. The van der Waals surface area contributed by atoms with Crippen LogP contribution >= 0.6 is 11.6 Å². The third-order valence-corrected chi connectivity index (χ3v) is 2.42. The number of rotatable bonds is 6. The van der Waals surface area contributed by atoms with Gasteiger partial charge in [-0.2, -0.15) is 0 Å². The van der Waals surface area contributed by atoms with Crippen LogP contribution in [-0.4, -0.2) is 20.3 Å². The van der Waals surface area contributed by atoms with Gasteiger partial charge in [0.25, 0.3) is 0 Å². The molecule has 0 saturated carbocycles. The normalized spacial score (nSPS) is 10.3. The first-order chi connectivity index (χ1) is 7.27. The monoisotopic (exact) mass is 228 g/mol. The summed E-state index contributed by atoms with van der Waals surface area (Å²) in [4.78, 5) is 0. The fourth-order valence-electron chi connectivity index (χ4n) is 1.45. The smallest absolute Gasteiger partial charge is 0.122 e. The van der Waals surface area contributed by atoms with Crippen LogP contribution in [0.15, 0.2) is 18.2 Å². The number of methoxy groups -OCH3 is 1. The Bertz CT molecular complexity index is 300. The second-order valence-corrected chi connectivity index (χ2v) is 3.69. The molecule has 3 heteroatoms. The molecule has 0 amide bonds. The van der Waals surface area contributed by atoms with Gasteiger partial charge in [-0.3, -0.25) is 0 Å². The van der Waals surface area contributed by atoms with Crippen LogP contribution in [0.1, 0.15) is 18.9 Å². The zero-order valence-corrected chi connectivity index (χ0v) is 10.0. The largest absolute Gasteiger partial charge is 0.496 e. The molecular weight excluding hydrogens is 212 g/mol. The van der Waals surface area contributed by atoms with Crippen LogP contribution in [0.5, 0.6) is 5.75 Å². The summed E-state index contributed by atoms with van der Waals surface area (Å²) in [6.45, 7) is 3.55. The van der Waals surface area contributed by atoms with E-state index in [1.165, 1.54) is 0 Å². The maximum Gasteiger partial charge on any atom is 0.122 e. The highest BCUT2D eigenvalue weighted by atomic mass is 35.5. The summed E-state index contributed by atoms with van der Waals surface area (Å²) in [7, 11) is 1.68. The van der Waals surface area contributed by atoms with Crippen molar-refractivity contribution in [2.75, 3.05) is 20.3 Å². The molecule has 2 nitrogen and oxygen atoms in total. The number of hydrogen-bond donors (Lipinski definition) is 0. The average Bonchev–Trinajstić information content (AvgIpc) is 2.25. The van der Waals surface area contributed by atoms with Gasteiger partial charge in [0.2, 0.25) is 0 Å². The van der Waals surface area contributed by atoms with Crippen LogP contribution in [0.25, 0.3) is 0 Å². The zero-order chi connectivity index (χ0) is 11.1. The van der Waals surface area contributed by atoms with E-state index in [1.807, 2.05) is 25.1 Å². The summed E-state index contributed by atoms with van der Waals surface area (Å²) in [5, 5.41) is 0.752. The molecule has 0 bridgehead atoms. The van der Waals surface area contributed by atoms with Crippen molar-refractivity contribution in [3.8, 4) is 5.75 Å². The maximum atomic E-state index is 5.93. The highest BCUT2D eigenvalue weighted by molar-refractivity contribution is 6.30. The Morgan fingerprint density at radius 2 is 2.13 bits per heavy atom. The van der Waals surface area contributed by atoms with E-state index in [1.54, 1.807) is 7.11 Å². The van der Waals surface area contributed by atoms with Crippen molar-refractivity contribution < 1.29 is 9.47 Å². The van der Waals surface area contributed by atoms with Gasteiger partial charge in [-0.15, -0.1) is 0 Å². The van der Waals surface area contributed by atoms with Gasteiger partial charge in [0.15, 0.2) is 0 Å². The number of benzene rings is 1. The lowest BCUT2D eigenvalue weighted by Crippen LogP contribution is -1.98. The Labute approximate surface area is 96.2 Å². The van der Waals surface area contributed by atoms with Gasteiger partial charge in [-0.1, -0.05) is 11.6 Å². The Hall–Kier alpha value is -0.730. The van der Waals surface area contributed by atoms with Crippen molar-refractivity contribution in [3.05, 3.63) is 28.8 Å². The minimum absolute atomic E-state index is 0.752. The zero-order valence-electron chi connectivity index (χ0n) is 9.25. The summed E-state index contributed by atoms with van der Waals surface area (Å²) in [6, 6.07) is 5.69. The minimum Gasteiger partial charge on any atom is -0.496 e. The van der Waals surface area contributed by atoms with Crippen LogP contribution in [0.4, 0.5) is 0 Å². The first-order valence-electron chi connectivity index (χ1n) is 5.18. The molecule has 15 heavy (non-hydrogen) atoms. The predicted molar refractivity (Wildman–Crippen MR) is 62.8 cm³/mol. The lowest BCUT2D eigenvalue weighted by Gasteiger charge is -2.08. The van der Waals surface area contributed by atoms with Crippen LogP contribution in [0, 0.1) is 0 Å². The first-order valence-corrected chi connectivity index (χ1v) is 5.56. The van der Waals surface area contributed by atoms with Gasteiger partial charge in [0, 0.05) is 18.2 Å². The minimum atomic E-state index is 0.752. The topological polar surface area (TPSA) is 18.5 Å². The van der Waals surface area contributed by atoms with Gasteiger partial charge in [0.05, 0.1) is 7.11 Å². The molecule has 0 spiro atoms. The molecule has 0 fully saturated rings. The summed E-state index contributed by atoms with van der Waals surface area (Å²) >= 11 is 5.93. The molecule has 0 N–H and O–H groups in total. The van der Waals surface area contributed by atoms with E-state index < -0.39 is 0 Å². The number of hydrogen-bond acceptors (Lipinski definition) is 2. The molecular formula is C12H17ClO2. The molecule has 1 aromatic rings. The molecule has 0 atom stereocenters. The fraction of sp³-hybridized carbons (Fsp3) is 0.500. The number of aryl methyl sites for hydroxylation is 1. The van der Waals surface area contributed by atoms with Crippen molar-refractivity contribution >= 4 is 11.6 Å². The van der Waals surface area contributed by atoms with E-state index in [0.717, 1.165) is 42.4 Å². The molecule has 0 aliphatic heterocycles. The predicted octanol–water partition coefficient (Wildman–Crippen LogP) is 3.32. The van der Waals surface area contributed by atoms with Crippen LogP contribution < -0.4 is 4.74 Å². The second kappa shape index (κ2) is 6.70. The summed E-state index contributed by atoms with van der Waals surface area (Å²) < 4.78 is 10.5. The van der Waals surface area contributed by atoms with Gasteiger partial charge in [0.1, 0.15) is 5.75 Å². The van der Waals surface area contributed by atoms with E-state index in [2.05, 4.69) is 0 Å². The quantitative estimate of drug-likeness (QED) is 0.696. The Morgan fingerprint density at radius 1 is 1.33 bits per heavy atom. The first kappa shape index (κ1) is 12.3. The van der Waals surface area contributed by atoms with E-state index in [9.17, 15) is 0 Å². The molecule has 1 rings (SSSR count). The third-order valence-electron chi connectivity index (χ3n) is 2.18. The summed E-state index contributed by atoms with van der Waals surface area (Å²) in [5.41, 5.74) is 1.14. The highest BCUT2D eigenvalue weighted by Crippen LogP contribution is 2.23. The van der Waals surface area contributed by atoms with E-state index in [0.29, 0.717) is 0 Å². The number of halogens is 1. The van der Waals surface area contributed by atoms with Crippen molar-refractivity contribution in [2.45, 2.75) is 19.8 Å². The van der Waals surface area contributed by atoms with Crippen molar-refractivity contribution in [1.82, 2.24) is 0 Å². The molecule has 1 aromatic carbocycles. The molecule has 0 radical (unpaired) electrons. The second-order valence-electron chi connectivity index (χ2n) is 3.26. The van der Waals surface area contributed by atoms with Crippen LogP contribution in [0.2, 0.25) is 5.02 Å². The SMILES string of the molecule is CCOCCCc1cc(Cl)ccc1OC. The van der Waals surface area contributed by atoms with E-state index in [4.69, 9.17) is 21.1 Å². The lowest BCUT2D eigenvalue weighted by atomic mass is 10.1. The molecule has 0 aromatic heterocycles. The molecule has 84 valence electrons. The van der Waals surface area contributed by atoms with Crippen molar-refractivity contribution in [2.24, 2.45) is 0 Å². The Balaban J connectivity index is 2.54. The average molecular weight is 229 g/mol. The van der Waals surface area contributed by atoms with E-state index >= 15 is 0 Å². The van der Waals surface area contributed by atoms with Gasteiger partial charge in [-0.25, -0.2) is 0 Å².